The van der Waals surface area contributed by atoms with Crippen LogP contribution >= 0.6 is 120 Å². The molecule has 0 bridgehead atoms. The largest absolute Gasteiger partial charge is 0.447 e. The topological polar surface area (TPSA) is 74.2 Å². The van der Waals surface area contributed by atoms with Gasteiger partial charge in [-0.1, -0.05) is 168 Å². The Balaban J connectivity index is 1.48. The van der Waals surface area contributed by atoms with Gasteiger partial charge < -0.3 is 27.8 Å². The summed E-state index contributed by atoms with van der Waals surface area (Å²) < 4.78 is 37.0. The van der Waals surface area contributed by atoms with E-state index in [9.17, 15) is 0 Å². The van der Waals surface area contributed by atoms with Crippen molar-refractivity contribution in [3.05, 3.63) is 179 Å². The Morgan fingerprint density at radius 1 is 0.383 bits per heavy atom. The van der Waals surface area contributed by atoms with Gasteiger partial charge in [0.05, 0.1) is 0 Å². The third-order valence-electron chi connectivity index (χ3n) is 8.51. The molecule has 0 amide bonds. The van der Waals surface area contributed by atoms with Crippen LogP contribution in [0.15, 0.2) is 150 Å². The molecule has 1 aliphatic rings. The van der Waals surface area contributed by atoms with E-state index in [4.69, 9.17) is 32.3 Å². The van der Waals surface area contributed by atoms with E-state index in [1.54, 1.807) is 9.21 Å². The minimum absolute atomic E-state index is 0.501. The van der Waals surface area contributed by atoms with Gasteiger partial charge in [0.2, 0.25) is 0 Å². The van der Waals surface area contributed by atoms with Crippen LogP contribution in [0.5, 0.6) is 34.5 Å². The van der Waals surface area contributed by atoms with Crippen LogP contribution in [0.1, 0.15) is 33.4 Å². The SMILES string of the molecule is BrCc1ccc(ON2P(Oc3ccc(CBr)cc3)N=P(Oc3ccc(CBr)cc3)(Oc3ccc(CBr)cc3)N(Oc3ccc(CBr)cc3)P2Oc2ccc(CBr)cc2)cc1. The van der Waals surface area contributed by atoms with E-state index in [1.165, 1.54) is 0 Å². The second-order valence-electron chi connectivity index (χ2n) is 12.8. The summed E-state index contributed by atoms with van der Waals surface area (Å²) in [4.78, 5) is 13.9. The lowest BCUT2D eigenvalue weighted by molar-refractivity contribution is 0.0545. The zero-order valence-corrected chi connectivity index (χ0v) is 43.7. The number of nitrogens with zero attached hydrogens (tertiary/aromatic N) is 3. The molecule has 0 saturated carbocycles. The van der Waals surface area contributed by atoms with Gasteiger partial charge in [-0.05, 0) is 106 Å². The van der Waals surface area contributed by atoms with Crippen LogP contribution in [-0.4, -0.2) is 9.21 Å². The Morgan fingerprint density at radius 2 is 0.683 bits per heavy atom. The summed E-state index contributed by atoms with van der Waals surface area (Å²) in [7, 11) is -8.25. The molecule has 2 atom stereocenters. The van der Waals surface area contributed by atoms with E-state index >= 15 is 0 Å². The van der Waals surface area contributed by atoms with E-state index in [1.807, 2.05) is 146 Å². The second kappa shape index (κ2) is 22.6. The highest BCUT2D eigenvalue weighted by atomic mass is 79.9. The van der Waals surface area contributed by atoms with Crippen LogP contribution in [0.25, 0.3) is 0 Å². The molecule has 0 saturated heterocycles. The maximum atomic E-state index is 7.13. The van der Waals surface area contributed by atoms with Crippen molar-refractivity contribution in [2.45, 2.75) is 32.0 Å². The fraction of sp³-hybridized carbons (Fsp3) is 0.143. The Morgan fingerprint density at radius 3 is 1.03 bits per heavy atom. The fourth-order valence-corrected chi connectivity index (χ4v) is 15.0. The first-order valence-corrected chi connectivity index (χ1v) is 28.8. The van der Waals surface area contributed by atoms with Crippen molar-refractivity contribution in [1.82, 2.24) is 9.21 Å². The van der Waals surface area contributed by atoms with Gasteiger partial charge in [-0.25, -0.2) is 0 Å². The molecule has 7 rings (SSSR count). The van der Waals surface area contributed by atoms with Gasteiger partial charge in [0.1, 0.15) is 34.5 Å². The molecule has 0 N–H and O–H groups in total. The monoisotopic (exact) mass is 1240 g/mol. The molecule has 0 spiro atoms. The van der Waals surface area contributed by atoms with Crippen LogP contribution in [0.3, 0.4) is 0 Å². The lowest BCUT2D eigenvalue weighted by Gasteiger charge is -2.43. The van der Waals surface area contributed by atoms with Crippen molar-refractivity contribution >= 4 is 120 Å². The summed E-state index contributed by atoms with van der Waals surface area (Å²) in [6.45, 7) is 0. The third kappa shape index (κ3) is 12.0. The molecule has 0 aliphatic carbocycles. The van der Waals surface area contributed by atoms with Gasteiger partial charge in [-0.3, -0.25) is 0 Å². The van der Waals surface area contributed by atoms with Gasteiger partial charge in [0.25, 0.3) is 0 Å². The molecule has 18 heteroatoms. The van der Waals surface area contributed by atoms with Gasteiger partial charge in [0, 0.05) is 41.2 Å². The van der Waals surface area contributed by atoms with E-state index in [-0.39, 0.29) is 0 Å². The first kappa shape index (κ1) is 46.0. The Labute approximate surface area is 403 Å². The number of hydrogen-bond donors (Lipinski definition) is 0. The molecule has 0 radical (unpaired) electrons. The third-order valence-corrected chi connectivity index (χ3v) is 19.2. The summed E-state index contributed by atoms with van der Waals surface area (Å²) >= 11 is 21.4. The molecular weight excluding hydrogens is 1210 g/mol. The van der Waals surface area contributed by atoms with Gasteiger partial charge >= 0.3 is 24.6 Å². The Hall–Kier alpha value is -1.99. The van der Waals surface area contributed by atoms with Crippen molar-refractivity contribution in [3.63, 3.8) is 0 Å². The zero-order chi connectivity index (χ0) is 41.9. The first-order chi connectivity index (χ1) is 29.3. The van der Waals surface area contributed by atoms with Crippen molar-refractivity contribution in [1.29, 1.82) is 0 Å². The average molecular weight is 1250 g/mol. The number of alkyl halides is 6. The normalized spacial score (nSPS) is 16.4. The molecule has 0 fully saturated rings. The standard InChI is InChI=1S/C42H36Br6N3O6P3/c43-25-31-1-13-37(14-2-31)52-50-58(54-39-17-5-33(27-45)6-18-39)49-60(56-41-21-9-35(29-47)10-22-41,57-42-23-11-36(30-48)12-24-42)51(53-38-15-3-32(26-44)4-16-38)59(50)55-40-19-7-34(28-46)8-20-40/h1-24H,25-30H2. The van der Waals surface area contributed by atoms with Crippen molar-refractivity contribution in [2.75, 3.05) is 0 Å². The predicted octanol–water partition coefficient (Wildman–Crippen LogP) is 16.7. The van der Waals surface area contributed by atoms with E-state index in [0.717, 1.165) is 33.4 Å². The minimum atomic E-state index is -3.88. The molecule has 0 aromatic heterocycles. The van der Waals surface area contributed by atoms with E-state index in [0.29, 0.717) is 66.5 Å². The summed E-state index contributed by atoms with van der Waals surface area (Å²) in [5.74, 6) is 3.17. The van der Waals surface area contributed by atoms with Gasteiger partial charge in [-0.2, -0.15) is 0 Å². The summed E-state index contributed by atoms with van der Waals surface area (Å²) in [5.41, 5.74) is 6.47. The van der Waals surface area contributed by atoms with Crippen LogP contribution in [0, 0.1) is 0 Å². The number of hydrogen-bond acceptors (Lipinski definition) is 9. The first-order valence-electron chi connectivity index (χ1n) is 18.2. The van der Waals surface area contributed by atoms with Crippen LogP contribution in [-0.2, 0) is 32.0 Å². The van der Waals surface area contributed by atoms with E-state index < -0.39 is 24.6 Å². The summed E-state index contributed by atoms with van der Waals surface area (Å²) in [6.07, 6.45) is 0. The molecule has 1 aliphatic heterocycles. The zero-order valence-electron chi connectivity index (χ0n) is 31.5. The maximum Gasteiger partial charge on any atom is 0.447 e. The lowest BCUT2D eigenvalue weighted by Crippen LogP contribution is -2.37. The Bertz CT molecular complexity index is 2280. The quantitative estimate of drug-likeness (QED) is 0.0622. The highest BCUT2D eigenvalue weighted by Gasteiger charge is 2.58. The summed E-state index contributed by atoms with van der Waals surface area (Å²) in [5, 5.41) is 4.11. The van der Waals surface area contributed by atoms with Crippen molar-refractivity contribution in [2.24, 2.45) is 4.52 Å². The molecule has 6 aromatic rings. The number of benzene rings is 6. The predicted molar refractivity (Wildman–Crippen MR) is 265 cm³/mol. The number of rotatable bonds is 18. The molecular formula is C42H36Br6N3O6P3. The average Bonchev–Trinajstić information content (AvgIpc) is 3.30. The molecule has 60 heavy (non-hydrogen) atoms. The Kier molecular flexibility index (Phi) is 17.3. The van der Waals surface area contributed by atoms with Crippen molar-refractivity contribution in [3.8, 4) is 34.5 Å². The van der Waals surface area contributed by atoms with Crippen LogP contribution in [0.2, 0.25) is 0 Å². The molecule has 6 aromatic carbocycles. The highest BCUT2D eigenvalue weighted by molar-refractivity contribution is 9.09. The fourth-order valence-electron chi connectivity index (χ4n) is 5.29. The van der Waals surface area contributed by atoms with Crippen LogP contribution < -0.4 is 27.8 Å². The highest BCUT2D eigenvalue weighted by Crippen LogP contribution is 2.77. The lowest BCUT2D eigenvalue weighted by atomic mass is 10.2. The smallest absolute Gasteiger partial charge is 0.440 e. The summed E-state index contributed by atoms with van der Waals surface area (Å²) in [6, 6.07) is 46.7. The molecule has 1 heterocycles. The maximum absolute atomic E-state index is 7.13. The molecule has 2 unspecified atom stereocenters. The van der Waals surface area contributed by atoms with Crippen LogP contribution in [0.4, 0.5) is 0 Å². The van der Waals surface area contributed by atoms with Gasteiger partial charge in [0.15, 0.2) is 0 Å². The minimum Gasteiger partial charge on any atom is -0.440 e. The van der Waals surface area contributed by atoms with Gasteiger partial charge in [-0.15, -0.1) is 4.52 Å². The van der Waals surface area contributed by atoms with E-state index in [2.05, 4.69) is 95.6 Å². The molecule has 9 nitrogen and oxygen atoms in total. The second-order valence-corrected chi connectivity index (χ2v) is 21.7. The number of halogens is 6. The van der Waals surface area contributed by atoms with Crippen molar-refractivity contribution < 1.29 is 27.8 Å². The molecule has 312 valence electrons.